The van der Waals surface area contributed by atoms with Crippen LogP contribution >= 0.6 is 0 Å². The molecule has 1 aliphatic heterocycles. The van der Waals surface area contributed by atoms with Gasteiger partial charge in [-0.05, 0) is 24.5 Å². The van der Waals surface area contributed by atoms with Crippen LogP contribution in [0.4, 0.5) is 0 Å². The Kier molecular flexibility index (Phi) is 8.41. The highest BCUT2D eigenvalue weighted by molar-refractivity contribution is 6.47. The molecule has 0 amide bonds. The van der Waals surface area contributed by atoms with Crippen LogP contribution in [0.1, 0.15) is 61.6 Å². The molecule has 2 aromatic rings. The molecule has 2 heterocycles. The van der Waals surface area contributed by atoms with Crippen LogP contribution in [-0.4, -0.2) is 51.5 Å². The number of ketones is 1. The lowest BCUT2D eigenvalue weighted by molar-refractivity contribution is -0.120. The third-order valence-corrected chi connectivity index (χ3v) is 5.28. The fourth-order valence-corrected chi connectivity index (χ4v) is 3.55. The van der Waals surface area contributed by atoms with Crippen LogP contribution < -0.4 is 9.97 Å². The first-order valence-electron chi connectivity index (χ1n) is 11.1. The Bertz CT molecular complexity index is 933. The molecule has 1 aromatic carbocycles. The van der Waals surface area contributed by atoms with Gasteiger partial charge in [-0.25, -0.2) is 9.48 Å². The summed E-state index contributed by atoms with van der Waals surface area (Å²) in [5, 5.41) is 21.8. The Hall–Kier alpha value is -2.72. The van der Waals surface area contributed by atoms with Crippen molar-refractivity contribution in [3.8, 4) is 5.75 Å². The van der Waals surface area contributed by atoms with Gasteiger partial charge in [0.1, 0.15) is 17.9 Å². The number of carbonyl (C=O) groups excluding carboxylic acids is 2. The zero-order valence-electron chi connectivity index (χ0n) is 18.9. The second-order valence-electron chi connectivity index (χ2n) is 8.44. The summed E-state index contributed by atoms with van der Waals surface area (Å²) in [6.45, 7) is 7.11. The summed E-state index contributed by atoms with van der Waals surface area (Å²) in [7, 11) is -1.18. The number of benzene rings is 1. The van der Waals surface area contributed by atoms with E-state index >= 15 is 0 Å². The molecular weight excluding hydrogens is 411 g/mol. The van der Waals surface area contributed by atoms with E-state index in [2.05, 4.69) is 15.6 Å². The van der Waals surface area contributed by atoms with Crippen LogP contribution in [0.3, 0.4) is 0 Å². The average molecular weight is 442 g/mol. The van der Waals surface area contributed by atoms with E-state index in [1.807, 2.05) is 26.8 Å². The van der Waals surface area contributed by atoms with Crippen molar-refractivity contribution >= 4 is 18.9 Å². The molecule has 32 heavy (non-hydrogen) atoms. The number of ether oxygens (including phenoxy) is 1. The molecule has 0 unspecified atom stereocenters. The summed E-state index contributed by atoms with van der Waals surface area (Å²) in [5.41, 5.74) is 1.84. The summed E-state index contributed by atoms with van der Waals surface area (Å²) >= 11 is 0. The van der Waals surface area contributed by atoms with Gasteiger partial charge in [-0.3, -0.25) is 4.79 Å². The minimum absolute atomic E-state index is 0.0779. The maximum absolute atomic E-state index is 12.6. The molecule has 2 N–H and O–H groups in total. The lowest BCUT2D eigenvalue weighted by Gasteiger charge is -2.28. The van der Waals surface area contributed by atoms with Crippen LogP contribution in [0.5, 0.6) is 5.75 Å². The van der Waals surface area contributed by atoms with E-state index in [9.17, 15) is 14.6 Å². The number of hydrogen-bond donors (Lipinski definition) is 2. The highest BCUT2D eigenvalue weighted by Crippen LogP contribution is 2.36. The van der Waals surface area contributed by atoms with Gasteiger partial charge in [-0.15, -0.1) is 5.10 Å². The lowest BCUT2D eigenvalue weighted by Crippen LogP contribution is -2.36. The van der Waals surface area contributed by atoms with Crippen molar-refractivity contribution in [2.75, 3.05) is 6.61 Å². The molecule has 1 atom stereocenters. The zero-order valence-corrected chi connectivity index (χ0v) is 18.9. The molecule has 0 spiro atoms. The molecule has 0 radical (unpaired) electrons. The number of para-hydroxylation sites is 1. The predicted octanol–water partition coefficient (Wildman–Crippen LogP) is 2.18. The van der Waals surface area contributed by atoms with E-state index in [0.717, 1.165) is 24.1 Å². The van der Waals surface area contributed by atoms with E-state index in [1.54, 1.807) is 18.3 Å². The topological polar surface area (TPSA) is 116 Å². The van der Waals surface area contributed by atoms with Gasteiger partial charge in [0.15, 0.2) is 5.78 Å². The van der Waals surface area contributed by atoms with E-state index in [4.69, 9.17) is 9.39 Å². The Morgan fingerprint density at radius 1 is 1.41 bits per heavy atom. The first kappa shape index (κ1) is 23.9. The molecule has 3 rings (SSSR count). The van der Waals surface area contributed by atoms with Crippen molar-refractivity contribution in [3.05, 3.63) is 41.2 Å². The first-order valence-corrected chi connectivity index (χ1v) is 11.1. The third kappa shape index (κ3) is 6.40. The van der Waals surface area contributed by atoms with Crippen LogP contribution in [0.15, 0.2) is 24.4 Å². The van der Waals surface area contributed by atoms with E-state index in [0.29, 0.717) is 36.9 Å². The van der Waals surface area contributed by atoms with Crippen LogP contribution in [-0.2, 0) is 29.0 Å². The number of Topliss-reactive ketones (excluding diaryl/α,β-unsaturated/α-hetero) is 1. The maximum Gasteiger partial charge on any atom is 0.526 e. The first-order chi connectivity index (χ1) is 15.4. The second kappa shape index (κ2) is 11.2. The van der Waals surface area contributed by atoms with Crippen LogP contribution in [0.2, 0.25) is 5.82 Å². The van der Waals surface area contributed by atoms with Gasteiger partial charge in [-0.1, -0.05) is 44.5 Å². The molecule has 0 aliphatic carbocycles. The minimum atomic E-state index is -1.18. The number of aromatic nitrogens is 3. The molecule has 1 aliphatic rings. The maximum atomic E-state index is 12.6. The summed E-state index contributed by atoms with van der Waals surface area (Å²) in [4.78, 5) is 25.0. The quantitative estimate of drug-likeness (QED) is 0.309. The zero-order chi connectivity index (χ0) is 23.1. The summed E-state index contributed by atoms with van der Waals surface area (Å²) in [6.07, 6.45) is 4.02. The molecular formula is C22H31BN4O5. The Balaban J connectivity index is 1.59. The molecule has 9 nitrogen and oxygen atoms in total. The number of nitrogens with zero attached hydrogens (tertiary/aromatic N) is 3. The molecule has 0 saturated heterocycles. The van der Waals surface area contributed by atoms with Gasteiger partial charge in [0.05, 0.1) is 18.5 Å². The Morgan fingerprint density at radius 3 is 2.97 bits per heavy atom. The van der Waals surface area contributed by atoms with Gasteiger partial charge in [0.25, 0.3) is 0 Å². The molecule has 1 aromatic heterocycles. The predicted molar refractivity (Wildman–Crippen MR) is 119 cm³/mol. The molecule has 172 valence electrons. The number of fused-ring (bicyclic) bond motifs is 1. The largest absolute Gasteiger partial charge is 0.535 e. The molecule has 10 heteroatoms. The van der Waals surface area contributed by atoms with E-state index < -0.39 is 18.9 Å². The normalized spacial score (nSPS) is 15.4. The number of carbonyl (C=O) groups is 2. The summed E-state index contributed by atoms with van der Waals surface area (Å²) in [5.74, 6) is -0.619. The monoisotopic (exact) mass is 442 g/mol. The Labute approximate surface area is 188 Å². The SMILES string of the molecule is CCCCOC(=O)c1cccc2c1OB(O)[C@@H](CC(=O)Cn1cc(CNC(C)C)nn1)C2. The summed E-state index contributed by atoms with van der Waals surface area (Å²) in [6, 6.07) is 5.56. The Morgan fingerprint density at radius 2 is 2.22 bits per heavy atom. The standard InChI is InChI=1S/C22H31BN4O5/c1-4-5-9-31-22(29)20-8-6-7-16-10-17(23(30)32-21(16)20)11-19(28)14-27-13-18(25-26-27)12-24-15(2)3/h6-8,13,15,17,24,30H,4-5,9-12,14H2,1-3H3/t17-/m1/s1. The number of hydrogen-bond acceptors (Lipinski definition) is 8. The lowest BCUT2D eigenvalue weighted by atomic mass is 9.64. The van der Waals surface area contributed by atoms with Crippen molar-refractivity contribution < 1.29 is 24.0 Å². The minimum Gasteiger partial charge on any atom is -0.535 e. The van der Waals surface area contributed by atoms with Gasteiger partial charge in [0, 0.05) is 24.8 Å². The van der Waals surface area contributed by atoms with Crippen molar-refractivity contribution in [3.63, 3.8) is 0 Å². The van der Waals surface area contributed by atoms with Crippen LogP contribution in [0.25, 0.3) is 0 Å². The van der Waals surface area contributed by atoms with Gasteiger partial charge < -0.3 is 19.7 Å². The van der Waals surface area contributed by atoms with Crippen molar-refractivity contribution in [2.24, 2.45) is 0 Å². The van der Waals surface area contributed by atoms with E-state index in [1.165, 1.54) is 4.68 Å². The van der Waals surface area contributed by atoms with Crippen LogP contribution in [0, 0.1) is 0 Å². The van der Waals surface area contributed by atoms with Crippen molar-refractivity contribution in [1.29, 1.82) is 0 Å². The molecule has 0 fully saturated rings. The third-order valence-electron chi connectivity index (χ3n) is 5.28. The summed E-state index contributed by atoms with van der Waals surface area (Å²) < 4.78 is 12.5. The van der Waals surface area contributed by atoms with Crippen molar-refractivity contribution in [2.45, 2.75) is 71.4 Å². The fraction of sp³-hybridized carbons (Fsp3) is 0.545. The number of nitrogens with one attached hydrogen (secondary N) is 1. The number of esters is 1. The highest BCUT2D eigenvalue weighted by Gasteiger charge is 2.38. The smallest absolute Gasteiger partial charge is 0.526 e. The van der Waals surface area contributed by atoms with Gasteiger partial charge in [-0.2, -0.15) is 0 Å². The molecule has 0 saturated carbocycles. The van der Waals surface area contributed by atoms with Gasteiger partial charge >= 0.3 is 13.1 Å². The highest BCUT2D eigenvalue weighted by atomic mass is 16.5. The average Bonchev–Trinajstić information content (AvgIpc) is 3.19. The van der Waals surface area contributed by atoms with Crippen molar-refractivity contribution in [1.82, 2.24) is 20.3 Å². The fourth-order valence-electron chi connectivity index (χ4n) is 3.55. The number of rotatable bonds is 11. The van der Waals surface area contributed by atoms with E-state index in [-0.39, 0.29) is 18.7 Å². The molecule has 0 bridgehead atoms. The second-order valence-corrected chi connectivity index (χ2v) is 8.44. The number of unbranched alkanes of at least 4 members (excludes halogenated alkanes) is 1. The van der Waals surface area contributed by atoms with Gasteiger partial charge in [0.2, 0.25) is 0 Å².